The standard InChI is InChI=1S/C15H26N4/c1-4-14-6-8-19(10-12(2)9-17-14)11-15-5-7-16-13(3)18-15/h5,7,12,14,17H,4,6,8-11H2,1-3H3. The van der Waals surface area contributed by atoms with E-state index in [0.717, 1.165) is 37.7 Å². The molecule has 1 fully saturated rings. The van der Waals surface area contributed by atoms with Crippen LogP contribution in [0.1, 0.15) is 38.2 Å². The summed E-state index contributed by atoms with van der Waals surface area (Å²) in [6, 6.07) is 2.70. The van der Waals surface area contributed by atoms with Gasteiger partial charge in [-0.15, -0.1) is 0 Å². The Morgan fingerprint density at radius 2 is 2.32 bits per heavy atom. The molecule has 106 valence electrons. The van der Waals surface area contributed by atoms with Crippen molar-refractivity contribution in [1.29, 1.82) is 0 Å². The predicted octanol–water partition coefficient (Wildman–Crippen LogP) is 2.00. The molecular weight excluding hydrogens is 236 g/mol. The highest BCUT2D eigenvalue weighted by Gasteiger charge is 2.18. The fourth-order valence-corrected chi connectivity index (χ4v) is 2.72. The molecular formula is C15H26N4. The lowest BCUT2D eigenvalue weighted by Gasteiger charge is -2.31. The lowest BCUT2D eigenvalue weighted by atomic mass is 10.0. The first-order valence-corrected chi connectivity index (χ1v) is 7.41. The molecule has 0 aliphatic carbocycles. The molecule has 0 spiro atoms. The quantitative estimate of drug-likeness (QED) is 0.904. The van der Waals surface area contributed by atoms with Crippen molar-refractivity contribution < 1.29 is 0 Å². The van der Waals surface area contributed by atoms with Gasteiger partial charge in [0.15, 0.2) is 0 Å². The summed E-state index contributed by atoms with van der Waals surface area (Å²) in [6.07, 6.45) is 4.31. The minimum absolute atomic E-state index is 0.664. The van der Waals surface area contributed by atoms with Gasteiger partial charge in [0.05, 0.1) is 5.69 Å². The lowest BCUT2D eigenvalue weighted by Crippen LogP contribution is -2.43. The number of hydrogen-bond donors (Lipinski definition) is 1. The highest BCUT2D eigenvalue weighted by Crippen LogP contribution is 2.11. The molecule has 0 amide bonds. The fourth-order valence-electron chi connectivity index (χ4n) is 2.72. The molecule has 1 aliphatic heterocycles. The highest BCUT2D eigenvalue weighted by atomic mass is 15.1. The maximum atomic E-state index is 4.52. The summed E-state index contributed by atoms with van der Waals surface area (Å²) < 4.78 is 0. The molecule has 4 nitrogen and oxygen atoms in total. The van der Waals surface area contributed by atoms with Crippen LogP contribution in [0.25, 0.3) is 0 Å². The molecule has 0 saturated carbocycles. The van der Waals surface area contributed by atoms with Crippen LogP contribution in [0, 0.1) is 12.8 Å². The number of hydrogen-bond acceptors (Lipinski definition) is 4. The van der Waals surface area contributed by atoms with Gasteiger partial charge in [0.1, 0.15) is 5.82 Å². The first kappa shape index (κ1) is 14.4. The van der Waals surface area contributed by atoms with Crippen LogP contribution in [-0.2, 0) is 6.54 Å². The number of nitrogens with zero attached hydrogens (tertiary/aromatic N) is 3. The van der Waals surface area contributed by atoms with E-state index < -0.39 is 0 Å². The van der Waals surface area contributed by atoms with Crippen LogP contribution in [0.2, 0.25) is 0 Å². The van der Waals surface area contributed by atoms with Gasteiger partial charge in [0.25, 0.3) is 0 Å². The van der Waals surface area contributed by atoms with E-state index in [-0.39, 0.29) is 0 Å². The van der Waals surface area contributed by atoms with Crippen molar-refractivity contribution in [2.45, 2.75) is 46.2 Å². The molecule has 0 aromatic carbocycles. The Hall–Kier alpha value is -1.00. The molecule has 0 bridgehead atoms. The van der Waals surface area contributed by atoms with E-state index in [1.54, 1.807) is 0 Å². The topological polar surface area (TPSA) is 41.1 Å². The average Bonchev–Trinajstić information content (AvgIpc) is 2.36. The number of aromatic nitrogens is 2. The molecule has 1 N–H and O–H groups in total. The maximum absolute atomic E-state index is 4.52. The van der Waals surface area contributed by atoms with E-state index >= 15 is 0 Å². The second-order valence-electron chi connectivity index (χ2n) is 5.74. The number of rotatable bonds is 3. The molecule has 0 radical (unpaired) electrons. The first-order chi connectivity index (χ1) is 9.17. The van der Waals surface area contributed by atoms with Crippen molar-refractivity contribution in [3.05, 3.63) is 23.8 Å². The van der Waals surface area contributed by atoms with Gasteiger partial charge < -0.3 is 5.32 Å². The van der Waals surface area contributed by atoms with Crippen molar-refractivity contribution in [3.8, 4) is 0 Å². The largest absolute Gasteiger partial charge is 0.314 e. The van der Waals surface area contributed by atoms with Gasteiger partial charge in [0, 0.05) is 31.9 Å². The van der Waals surface area contributed by atoms with Gasteiger partial charge in [-0.1, -0.05) is 13.8 Å². The summed E-state index contributed by atoms with van der Waals surface area (Å²) in [7, 11) is 0. The number of nitrogens with one attached hydrogen (secondary N) is 1. The van der Waals surface area contributed by atoms with Gasteiger partial charge in [-0.05, 0) is 38.3 Å². The van der Waals surface area contributed by atoms with Gasteiger partial charge in [-0.2, -0.15) is 0 Å². The van der Waals surface area contributed by atoms with E-state index in [4.69, 9.17) is 0 Å². The third kappa shape index (κ3) is 4.55. The van der Waals surface area contributed by atoms with Crippen molar-refractivity contribution in [2.24, 2.45) is 5.92 Å². The lowest BCUT2D eigenvalue weighted by molar-refractivity contribution is 0.188. The maximum Gasteiger partial charge on any atom is 0.125 e. The molecule has 1 aliphatic rings. The van der Waals surface area contributed by atoms with Crippen LogP contribution in [0.5, 0.6) is 0 Å². The molecule has 1 aromatic heterocycles. The summed E-state index contributed by atoms with van der Waals surface area (Å²) in [5.41, 5.74) is 1.14. The van der Waals surface area contributed by atoms with E-state index in [1.165, 1.54) is 12.8 Å². The zero-order valence-electron chi connectivity index (χ0n) is 12.4. The van der Waals surface area contributed by atoms with E-state index in [2.05, 4.69) is 34.0 Å². The third-order valence-corrected chi connectivity index (χ3v) is 3.83. The Morgan fingerprint density at radius 3 is 3.05 bits per heavy atom. The Morgan fingerprint density at radius 1 is 1.47 bits per heavy atom. The van der Waals surface area contributed by atoms with Crippen LogP contribution >= 0.6 is 0 Å². The third-order valence-electron chi connectivity index (χ3n) is 3.83. The van der Waals surface area contributed by atoms with Gasteiger partial charge in [0.2, 0.25) is 0 Å². The van der Waals surface area contributed by atoms with Crippen molar-refractivity contribution in [1.82, 2.24) is 20.2 Å². The Bertz CT molecular complexity index is 393. The van der Waals surface area contributed by atoms with E-state index in [0.29, 0.717) is 12.0 Å². The van der Waals surface area contributed by atoms with Crippen LogP contribution in [-0.4, -0.2) is 40.5 Å². The SMILES string of the molecule is CCC1CCN(Cc2ccnc(C)n2)CC(C)CN1. The first-order valence-electron chi connectivity index (χ1n) is 7.41. The molecule has 2 unspecified atom stereocenters. The molecule has 19 heavy (non-hydrogen) atoms. The van der Waals surface area contributed by atoms with E-state index in [1.807, 2.05) is 19.2 Å². The molecule has 2 atom stereocenters. The van der Waals surface area contributed by atoms with Crippen molar-refractivity contribution >= 4 is 0 Å². The Balaban J connectivity index is 1.97. The molecule has 1 aromatic rings. The second-order valence-corrected chi connectivity index (χ2v) is 5.74. The summed E-state index contributed by atoms with van der Waals surface area (Å²) in [5.74, 6) is 1.56. The minimum atomic E-state index is 0.664. The monoisotopic (exact) mass is 262 g/mol. The van der Waals surface area contributed by atoms with E-state index in [9.17, 15) is 0 Å². The Labute approximate surface area is 116 Å². The summed E-state index contributed by atoms with van der Waals surface area (Å²) in [4.78, 5) is 11.2. The van der Waals surface area contributed by atoms with Crippen LogP contribution in [0.3, 0.4) is 0 Å². The molecule has 1 saturated heterocycles. The van der Waals surface area contributed by atoms with Gasteiger partial charge in [-0.3, -0.25) is 4.90 Å². The average molecular weight is 262 g/mol. The summed E-state index contributed by atoms with van der Waals surface area (Å²) >= 11 is 0. The highest BCUT2D eigenvalue weighted by molar-refractivity contribution is 5.01. The zero-order valence-corrected chi connectivity index (χ0v) is 12.4. The molecule has 4 heteroatoms. The summed E-state index contributed by atoms with van der Waals surface area (Å²) in [5, 5.41) is 3.66. The van der Waals surface area contributed by atoms with Crippen LogP contribution in [0.15, 0.2) is 12.3 Å². The molecule has 2 heterocycles. The van der Waals surface area contributed by atoms with Gasteiger partial charge >= 0.3 is 0 Å². The minimum Gasteiger partial charge on any atom is -0.314 e. The predicted molar refractivity (Wildman–Crippen MR) is 77.9 cm³/mol. The second kappa shape index (κ2) is 6.96. The summed E-state index contributed by atoms with van der Waals surface area (Å²) in [6.45, 7) is 10.9. The van der Waals surface area contributed by atoms with Crippen molar-refractivity contribution in [2.75, 3.05) is 19.6 Å². The van der Waals surface area contributed by atoms with Crippen LogP contribution in [0.4, 0.5) is 0 Å². The van der Waals surface area contributed by atoms with Crippen LogP contribution < -0.4 is 5.32 Å². The van der Waals surface area contributed by atoms with Gasteiger partial charge in [-0.25, -0.2) is 9.97 Å². The number of aryl methyl sites for hydroxylation is 1. The zero-order chi connectivity index (χ0) is 13.7. The van der Waals surface area contributed by atoms with Crippen molar-refractivity contribution in [3.63, 3.8) is 0 Å². The molecule has 2 rings (SSSR count). The Kier molecular flexibility index (Phi) is 5.28. The fraction of sp³-hybridized carbons (Fsp3) is 0.733. The normalized spacial score (nSPS) is 25.8. The smallest absolute Gasteiger partial charge is 0.125 e.